The molecule has 67 heavy (non-hydrogen) atoms. The Morgan fingerprint density at radius 2 is 0.552 bits per heavy atom. The quantitative estimate of drug-likeness (QED) is 0.0262. The Morgan fingerprint density at radius 1 is 0.299 bits per heavy atom. The predicted molar refractivity (Wildman–Crippen MR) is 289 cm³/mol. The van der Waals surface area contributed by atoms with Gasteiger partial charge in [-0.1, -0.05) is 256 Å². The molecule has 1 unspecified atom stereocenters. The average molecular weight is 940 g/mol. The molecule has 0 aliphatic rings. The number of esters is 3. The minimum atomic E-state index is -0.793. The second-order valence-electron chi connectivity index (χ2n) is 19.6. The van der Waals surface area contributed by atoms with Gasteiger partial charge < -0.3 is 14.2 Å². The lowest BCUT2D eigenvalue weighted by Crippen LogP contribution is -2.30. The van der Waals surface area contributed by atoms with Gasteiger partial charge in [0, 0.05) is 19.3 Å². The van der Waals surface area contributed by atoms with Crippen molar-refractivity contribution >= 4 is 17.9 Å². The number of unbranched alkanes of at least 4 members (excludes halogenated alkanes) is 34. The molecule has 0 amide bonds. The maximum Gasteiger partial charge on any atom is 0.306 e. The number of hydrogen-bond donors (Lipinski definition) is 0. The highest BCUT2D eigenvalue weighted by molar-refractivity contribution is 5.71. The summed E-state index contributed by atoms with van der Waals surface area (Å²) in [4.78, 5) is 38.1. The highest BCUT2D eigenvalue weighted by Crippen LogP contribution is 2.16. The molecule has 0 N–H and O–H groups in total. The van der Waals surface area contributed by atoms with E-state index < -0.39 is 6.10 Å². The summed E-state index contributed by atoms with van der Waals surface area (Å²) in [6, 6.07) is 0. The number of allylic oxidation sites excluding steroid dienone is 8. The van der Waals surface area contributed by atoms with Crippen molar-refractivity contribution in [3.63, 3.8) is 0 Å². The normalized spacial score (nSPS) is 12.3. The summed E-state index contributed by atoms with van der Waals surface area (Å²) in [6.45, 7) is 6.62. The van der Waals surface area contributed by atoms with E-state index in [2.05, 4.69) is 69.4 Å². The van der Waals surface area contributed by atoms with Gasteiger partial charge in [-0.3, -0.25) is 14.4 Å². The second kappa shape index (κ2) is 56.0. The number of carbonyl (C=O) groups is 3. The summed E-state index contributed by atoms with van der Waals surface area (Å²) >= 11 is 0. The Morgan fingerprint density at radius 3 is 0.910 bits per heavy atom. The van der Waals surface area contributed by atoms with Crippen molar-refractivity contribution in [3.05, 3.63) is 48.6 Å². The average Bonchev–Trinajstić information content (AvgIpc) is 3.33. The smallest absolute Gasteiger partial charge is 0.306 e. The van der Waals surface area contributed by atoms with Crippen LogP contribution in [0.25, 0.3) is 0 Å². The molecule has 0 fully saturated rings. The molecule has 0 bridgehead atoms. The Balaban J connectivity index is 4.43. The lowest BCUT2D eigenvalue weighted by molar-refractivity contribution is -0.167. The maximum absolute atomic E-state index is 12.9. The first kappa shape index (κ1) is 64.4. The molecule has 6 heteroatoms. The van der Waals surface area contributed by atoms with Gasteiger partial charge in [0.2, 0.25) is 0 Å². The molecular weight excluding hydrogens is 829 g/mol. The predicted octanol–water partition coefficient (Wildman–Crippen LogP) is 19.4. The van der Waals surface area contributed by atoms with Crippen molar-refractivity contribution in [2.45, 2.75) is 309 Å². The number of ether oxygens (including phenoxy) is 3. The number of rotatable bonds is 53. The van der Waals surface area contributed by atoms with Crippen LogP contribution in [0.15, 0.2) is 48.6 Å². The van der Waals surface area contributed by atoms with Gasteiger partial charge in [0.15, 0.2) is 6.10 Å². The van der Waals surface area contributed by atoms with E-state index in [9.17, 15) is 14.4 Å². The molecule has 1 atom stereocenters. The lowest BCUT2D eigenvalue weighted by Gasteiger charge is -2.18. The molecular formula is C61H110O6. The maximum atomic E-state index is 12.9. The third kappa shape index (κ3) is 54.2. The fourth-order valence-electron chi connectivity index (χ4n) is 8.40. The number of carbonyl (C=O) groups excluding carboxylic acids is 3. The van der Waals surface area contributed by atoms with E-state index in [1.165, 1.54) is 199 Å². The van der Waals surface area contributed by atoms with Crippen LogP contribution in [0.5, 0.6) is 0 Å². The van der Waals surface area contributed by atoms with Crippen molar-refractivity contribution in [3.8, 4) is 0 Å². The van der Waals surface area contributed by atoms with Crippen LogP contribution in [0.1, 0.15) is 303 Å². The van der Waals surface area contributed by atoms with Gasteiger partial charge >= 0.3 is 17.9 Å². The fraction of sp³-hybridized carbons (Fsp3) is 0.820. The summed E-state index contributed by atoms with van der Waals surface area (Å²) in [5.41, 5.74) is 0. The Bertz CT molecular complexity index is 1170. The molecule has 0 saturated heterocycles. The molecule has 0 aliphatic carbocycles. The summed E-state index contributed by atoms with van der Waals surface area (Å²) in [7, 11) is 0. The standard InChI is InChI=1S/C61H110O6/c1-4-7-10-13-16-19-22-25-28-30-33-36-39-42-45-48-51-54-60(63)66-57-58(56-65-59(62)53-50-47-44-41-38-35-32-27-24-21-18-15-12-9-6-3)67-61(64)55-52-49-46-43-40-37-34-31-29-26-23-20-17-14-11-8-5-2/h25-26,28-29,33,36,42,45,58H,4-24,27,30-32,34-35,37-41,43-44,46-57H2,1-3H3/b28-25-,29-26-,36-33-,45-42-. The van der Waals surface area contributed by atoms with E-state index in [0.717, 1.165) is 57.8 Å². The van der Waals surface area contributed by atoms with Crippen LogP contribution in [0.3, 0.4) is 0 Å². The van der Waals surface area contributed by atoms with Gasteiger partial charge in [-0.2, -0.15) is 0 Å². The molecule has 0 saturated carbocycles. The van der Waals surface area contributed by atoms with Crippen LogP contribution >= 0.6 is 0 Å². The first-order valence-corrected chi connectivity index (χ1v) is 29.1. The minimum absolute atomic E-state index is 0.0873. The molecule has 390 valence electrons. The van der Waals surface area contributed by atoms with Gasteiger partial charge in [0.25, 0.3) is 0 Å². The third-order valence-corrected chi connectivity index (χ3v) is 12.8. The zero-order chi connectivity index (χ0) is 48.6. The Hall–Kier alpha value is -2.63. The van der Waals surface area contributed by atoms with Gasteiger partial charge in [0.05, 0.1) is 0 Å². The monoisotopic (exact) mass is 939 g/mol. The largest absolute Gasteiger partial charge is 0.462 e. The van der Waals surface area contributed by atoms with Gasteiger partial charge in [-0.25, -0.2) is 0 Å². The molecule has 0 aromatic carbocycles. The third-order valence-electron chi connectivity index (χ3n) is 12.8. The molecule has 0 heterocycles. The zero-order valence-corrected chi connectivity index (χ0v) is 44.7. The van der Waals surface area contributed by atoms with Crippen molar-refractivity contribution in [1.29, 1.82) is 0 Å². The van der Waals surface area contributed by atoms with Crippen molar-refractivity contribution in [1.82, 2.24) is 0 Å². The molecule has 0 aromatic heterocycles. The van der Waals surface area contributed by atoms with Crippen LogP contribution < -0.4 is 0 Å². The second-order valence-corrected chi connectivity index (χ2v) is 19.6. The molecule has 0 radical (unpaired) electrons. The van der Waals surface area contributed by atoms with E-state index in [0.29, 0.717) is 25.7 Å². The van der Waals surface area contributed by atoms with Gasteiger partial charge in [0.1, 0.15) is 13.2 Å². The van der Waals surface area contributed by atoms with E-state index in [1.807, 2.05) is 0 Å². The van der Waals surface area contributed by atoms with Crippen LogP contribution in [-0.2, 0) is 28.6 Å². The van der Waals surface area contributed by atoms with Crippen LogP contribution in [0.4, 0.5) is 0 Å². The Labute approximate surface area is 416 Å². The SMILES string of the molecule is CCCCCCCC/C=C\C/C=C\C/C=C\CCCC(=O)OCC(COC(=O)CCCCCCCCCCCCCCCCC)OC(=O)CCCCCCCCC/C=C\CCCCCCCC. The van der Waals surface area contributed by atoms with Crippen LogP contribution in [-0.4, -0.2) is 37.2 Å². The van der Waals surface area contributed by atoms with Crippen LogP contribution in [0.2, 0.25) is 0 Å². The minimum Gasteiger partial charge on any atom is -0.462 e. The fourth-order valence-corrected chi connectivity index (χ4v) is 8.40. The van der Waals surface area contributed by atoms with Crippen molar-refractivity contribution in [2.75, 3.05) is 13.2 Å². The first-order valence-electron chi connectivity index (χ1n) is 29.1. The summed E-state index contributed by atoms with van der Waals surface area (Å²) < 4.78 is 16.8. The molecule has 0 rings (SSSR count). The van der Waals surface area contributed by atoms with E-state index in [4.69, 9.17) is 14.2 Å². The lowest BCUT2D eigenvalue weighted by atomic mass is 10.0. The highest BCUT2D eigenvalue weighted by atomic mass is 16.6. The van der Waals surface area contributed by atoms with E-state index in [1.54, 1.807) is 0 Å². The first-order chi connectivity index (χ1) is 33.0. The molecule has 0 aliphatic heterocycles. The Kier molecular flexibility index (Phi) is 53.8. The summed E-state index contributed by atoms with van der Waals surface area (Å²) in [5.74, 6) is -0.932. The molecule has 0 aromatic rings. The van der Waals surface area contributed by atoms with E-state index >= 15 is 0 Å². The molecule has 6 nitrogen and oxygen atoms in total. The van der Waals surface area contributed by atoms with Crippen LogP contribution in [0, 0.1) is 0 Å². The van der Waals surface area contributed by atoms with Gasteiger partial charge in [-0.15, -0.1) is 0 Å². The topological polar surface area (TPSA) is 78.9 Å². The van der Waals surface area contributed by atoms with Crippen molar-refractivity contribution in [2.24, 2.45) is 0 Å². The summed E-state index contributed by atoms with van der Waals surface area (Å²) in [5, 5.41) is 0. The van der Waals surface area contributed by atoms with Gasteiger partial charge in [-0.05, 0) is 77.0 Å². The highest BCUT2D eigenvalue weighted by Gasteiger charge is 2.19. The summed E-state index contributed by atoms with van der Waals surface area (Å²) in [6.07, 6.45) is 68.2. The van der Waals surface area contributed by atoms with Crippen molar-refractivity contribution < 1.29 is 28.6 Å². The number of hydrogen-bond acceptors (Lipinski definition) is 6. The van der Waals surface area contributed by atoms with E-state index in [-0.39, 0.29) is 31.1 Å². The zero-order valence-electron chi connectivity index (χ0n) is 44.7. The molecule has 0 spiro atoms.